The van der Waals surface area contributed by atoms with Crippen LogP contribution in [-0.2, 0) is 21.2 Å². The van der Waals surface area contributed by atoms with Gasteiger partial charge >= 0.3 is 0 Å². The van der Waals surface area contributed by atoms with Gasteiger partial charge in [-0.1, -0.05) is 48.0 Å². The fraction of sp³-hybridized carbons (Fsp3) is 0.350. The van der Waals surface area contributed by atoms with Crippen LogP contribution in [0.1, 0.15) is 24.0 Å². The van der Waals surface area contributed by atoms with Crippen molar-refractivity contribution in [2.75, 3.05) is 23.7 Å². The molecule has 0 radical (unpaired) electrons. The summed E-state index contributed by atoms with van der Waals surface area (Å²) in [4.78, 5) is 12.0. The fourth-order valence-corrected chi connectivity index (χ4v) is 3.96. The molecular weight excluding hydrogens is 384 g/mol. The first kappa shape index (κ1) is 21.3. The quantitative estimate of drug-likeness (QED) is 0.689. The third-order valence-electron chi connectivity index (χ3n) is 4.18. The van der Waals surface area contributed by atoms with E-state index in [1.54, 1.807) is 18.2 Å². The number of nitrogens with zero attached hydrogens (tertiary/aromatic N) is 1. The third kappa shape index (κ3) is 6.88. The summed E-state index contributed by atoms with van der Waals surface area (Å²) < 4.78 is 25.7. The van der Waals surface area contributed by atoms with Crippen molar-refractivity contribution in [1.82, 2.24) is 5.32 Å². The summed E-state index contributed by atoms with van der Waals surface area (Å²) >= 11 is 6.02. The Morgan fingerprint density at radius 3 is 2.52 bits per heavy atom. The monoisotopic (exact) mass is 408 g/mol. The van der Waals surface area contributed by atoms with Crippen molar-refractivity contribution >= 4 is 33.2 Å². The van der Waals surface area contributed by atoms with Crippen LogP contribution in [0, 0.1) is 6.92 Å². The lowest BCUT2D eigenvalue weighted by molar-refractivity contribution is -0.121. The Balaban J connectivity index is 1.86. The van der Waals surface area contributed by atoms with E-state index in [-0.39, 0.29) is 18.9 Å². The minimum absolute atomic E-state index is 0.0813. The zero-order valence-electron chi connectivity index (χ0n) is 15.6. The second kappa shape index (κ2) is 9.76. The lowest BCUT2D eigenvalue weighted by Crippen LogP contribution is -2.33. The van der Waals surface area contributed by atoms with Crippen molar-refractivity contribution in [3.8, 4) is 0 Å². The van der Waals surface area contributed by atoms with E-state index in [9.17, 15) is 13.2 Å². The molecule has 2 rings (SSSR count). The molecule has 0 saturated heterocycles. The molecule has 7 heteroatoms. The van der Waals surface area contributed by atoms with Crippen molar-refractivity contribution in [2.24, 2.45) is 0 Å². The zero-order chi connectivity index (χ0) is 19.9. The number of rotatable bonds is 9. The maximum absolute atomic E-state index is 12.2. The number of carbonyl (C=O) groups excluding carboxylic acids is 1. The average molecular weight is 409 g/mol. The van der Waals surface area contributed by atoms with Crippen LogP contribution < -0.4 is 9.62 Å². The van der Waals surface area contributed by atoms with Crippen molar-refractivity contribution < 1.29 is 13.2 Å². The van der Waals surface area contributed by atoms with E-state index in [1.807, 2.05) is 37.3 Å². The number of halogens is 1. The summed E-state index contributed by atoms with van der Waals surface area (Å²) in [5, 5.41) is 3.35. The summed E-state index contributed by atoms with van der Waals surface area (Å²) in [6.07, 6.45) is 2.62. The molecular formula is C20H25ClN2O3S. The highest BCUT2D eigenvalue weighted by Crippen LogP contribution is 2.26. The molecule has 0 bridgehead atoms. The Morgan fingerprint density at radius 1 is 1.15 bits per heavy atom. The number of amides is 1. The number of sulfonamides is 1. The number of aryl methyl sites for hydroxylation is 1. The number of anilines is 1. The van der Waals surface area contributed by atoms with Gasteiger partial charge in [0.05, 0.1) is 11.9 Å². The molecule has 0 heterocycles. The summed E-state index contributed by atoms with van der Waals surface area (Å²) in [5.74, 6) is -0.0813. The number of hydrogen-bond donors (Lipinski definition) is 1. The molecule has 5 nitrogen and oxygen atoms in total. The SMILES string of the molecule is Cc1ccc(Cl)cc1N(CCCC(=O)NCCc1ccccc1)S(C)(=O)=O. The van der Waals surface area contributed by atoms with E-state index < -0.39 is 10.0 Å². The molecule has 0 spiro atoms. The predicted molar refractivity (Wildman–Crippen MR) is 111 cm³/mol. The minimum atomic E-state index is -3.47. The molecule has 0 aliphatic carbocycles. The van der Waals surface area contributed by atoms with Crippen molar-refractivity contribution in [3.05, 3.63) is 64.7 Å². The second-order valence-corrected chi connectivity index (χ2v) is 8.80. The smallest absolute Gasteiger partial charge is 0.232 e. The van der Waals surface area contributed by atoms with Gasteiger partial charge in [0.2, 0.25) is 15.9 Å². The van der Waals surface area contributed by atoms with Crippen molar-refractivity contribution in [1.29, 1.82) is 0 Å². The fourth-order valence-electron chi connectivity index (χ4n) is 2.78. The largest absolute Gasteiger partial charge is 0.356 e. The van der Waals surface area contributed by atoms with Crippen LogP contribution in [0.2, 0.25) is 5.02 Å². The van der Waals surface area contributed by atoms with Gasteiger partial charge in [-0.05, 0) is 43.0 Å². The molecule has 0 saturated carbocycles. The van der Waals surface area contributed by atoms with Crippen LogP contribution in [0.5, 0.6) is 0 Å². The highest BCUT2D eigenvalue weighted by atomic mass is 35.5. The summed E-state index contributed by atoms with van der Waals surface area (Å²) in [6.45, 7) is 2.62. The third-order valence-corrected chi connectivity index (χ3v) is 5.60. The number of benzene rings is 2. The molecule has 1 amide bonds. The van der Waals surface area contributed by atoms with Gasteiger partial charge in [0, 0.05) is 24.5 Å². The summed E-state index contributed by atoms with van der Waals surface area (Å²) in [5.41, 5.74) is 2.53. The maximum atomic E-state index is 12.2. The molecule has 2 aromatic rings. The summed E-state index contributed by atoms with van der Waals surface area (Å²) in [6, 6.07) is 15.1. The van der Waals surface area contributed by atoms with Gasteiger partial charge in [0.1, 0.15) is 0 Å². The van der Waals surface area contributed by atoms with Crippen LogP contribution in [-0.4, -0.2) is 33.7 Å². The predicted octanol–water partition coefficient (Wildman–Crippen LogP) is 3.55. The highest BCUT2D eigenvalue weighted by molar-refractivity contribution is 7.92. The molecule has 0 aromatic heterocycles. The van der Waals surface area contributed by atoms with Crippen molar-refractivity contribution in [2.45, 2.75) is 26.2 Å². The first-order valence-electron chi connectivity index (χ1n) is 8.82. The van der Waals surface area contributed by atoms with Crippen LogP contribution in [0.3, 0.4) is 0 Å². The Morgan fingerprint density at radius 2 is 1.85 bits per heavy atom. The minimum Gasteiger partial charge on any atom is -0.356 e. The van der Waals surface area contributed by atoms with Crippen molar-refractivity contribution in [3.63, 3.8) is 0 Å². The van der Waals surface area contributed by atoms with Gasteiger partial charge in [-0.15, -0.1) is 0 Å². The van der Waals surface area contributed by atoms with Gasteiger partial charge in [-0.2, -0.15) is 0 Å². The topological polar surface area (TPSA) is 66.5 Å². The average Bonchev–Trinajstić information content (AvgIpc) is 2.61. The van der Waals surface area contributed by atoms with E-state index in [1.165, 1.54) is 4.31 Å². The van der Waals surface area contributed by atoms with E-state index in [0.717, 1.165) is 23.8 Å². The molecule has 146 valence electrons. The van der Waals surface area contributed by atoms with Gasteiger partial charge in [-0.25, -0.2) is 8.42 Å². The second-order valence-electron chi connectivity index (χ2n) is 6.46. The van der Waals surface area contributed by atoms with Crippen LogP contribution >= 0.6 is 11.6 Å². The van der Waals surface area contributed by atoms with E-state index >= 15 is 0 Å². The van der Waals surface area contributed by atoms with E-state index in [2.05, 4.69) is 5.32 Å². The first-order valence-corrected chi connectivity index (χ1v) is 11.0. The van der Waals surface area contributed by atoms with E-state index in [0.29, 0.717) is 23.7 Å². The molecule has 1 N–H and O–H groups in total. The number of carbonyl (C=O) groups is 1. The molecule has 0 aliphatic rings. The zero-order valence-corrected chi connectivity index (χ0v) is 17.2. The van der Waals surface area contributed by atoms with Gasteiger partial charge in [-0.3, -0.25) is 9.10 Å². The van der Waals surface area contributed by atoms with E-state index in [4.69, 9.17) is 11.6 Å². The maximum Gasteiger partial charge on any atom is 0.232 e. The van der Waals surface area contributed by atoms with Crippen LogP contribution in [0.25, 0.3) is 0 Å². The number of hydrogen-bond acceptors (Lipinski definition) is 3. The first-order chi connectivity index (χ1) is 12.8. The van der Waals surface area contributed by atoms with Gasteiger partial charge < -0.3 is 5.32 Å². The Kier molecular flexibility index (Phi) is 7.68. The molecule has 2 aromatic carbocycles. The van der Waals surface area contributed by atoms with Crippen LogP contribution in [0.15, 0.2) is 48.5 Å². The van der Waals surface area contributed by atoms with Gasteiger partial charge in [0.15, 0.2) is 0 Å². The normalized spacial score (nSPS) is 11.2. The molecule has 0 fully saturated rings. The van der Waals surface area contributed by atoms with Crippen LogP contribution in [0.4, 0.5) is 5.69 Å². The highest BCUT2D eigenvalue weighted by Gasteiger charge is 2.19. The lowest BCUT2D eigenvalue weighted by atomic mass is 10.1. The Hall–Kier alpha value is -2.05. The molecule has 27 heavy (non-hydrogen) atoms. The molecule has 0 aliphatic heterocycles. The Labute approximate surface area is 166 Å². The number of nitrogens with one attached hydrogen (secondary N) is 1. The Bertz CT molecular complexity index is 870. The molecule has 0 unspecified atom stereocenters. The summed E-state index contributed by atoms with van der Waals surface area (Å²) in [7, 11) is -3.47. The van der Waals surface area contributed by atoms with Gasteiger partial charge in [0.25, 0.3) is 0 Å². The lowest BCUT2D eigenvalue weighted by Gasteiger charge is -2.24. The standard InChI is InChI=1S/C20H25ClN2O3S/c1-16-10-11-18(21)15-19(16)23(27(2,25)26)14-6-9-20(24)22-13-12-17-7-4-3-5-8-17/h3-5,7-8,10-11,15H,6,9,12-14H2,1-2H3,(H,22,24). The molecule has 0 atom stereocenters.